The molecule has 2 fully saturated rings. The van der Waals surface area contributed by atoms with Gasteiger partial charge in [-0.3, -0.25) is 9.59 Å². The summed E-state index contributed by atoms with van der Waals surface area (Å²) in [7, 11) is 0. The molecule has 1 aliphatic heterocycles. The Hall–Kier alpha value is -2.44. The van der Waals surface area contributed by atoms with Crippen LogP contribution >= 0.6 is 0 Å². The fourth-order valence-electron chi connectivity index (χ4n) is 4.72. The zero-order valence-electron chi connectivity index (χ0n) is 15.8. The van der Waals surface area contributed by atoms with E-state index in [-0.39, 0.29) is 16.9 Å². The molecule has 3 aliphatic rings. The van der Waals surface area contributed by atoms with Crippen LogP contribution in [0.3, 0.4) is 0 Å². The van der Waals surface area contributed by atoms with Crippen LogP contribution in [-0.2, 0) is 11.8 Å². The zero-order valence-corrected chi connectivity index (χ0v) is 15.8. The molecule has 0 bridgehead atoms. The molecule has 1 amide bonds. The van der Waals surface area contributed by atoms with Crippen molar-refractivity contribution in [2.24, 2.45) is 0 Å². The van der Waals surface area contributed by atoms with E-state index in [0.29, 0.717) is 36.4 Å². The lowest BCUT2D eigenvalue weighted by molar-refractivity contribution is 0.0629. The van der Waals surface area contributed by atoms with E-state index in [1.165, 1.54) is 0 Å². The molecule has 1 saturated heterocycles. The summed E-state index contributed by atoms with van der Waals surface area (Å²) in [6.07, 6.45) is 5.67. The minimum atomic E-state index is -0.0845. The number of aryl methyl sites for hydroxylation is 2. The molecule has 2 aliphatic carbocycles. The Balaban J connectivity index is 1.39. The number of hydrogen-bond acceptors (Lipinski definition) is 5. The second kappa shape index (κ2) is 5.78. The van der Waals surface area contributed by atoms with Crippen LogP contribution in [-0.4, -0.2) is 38.8 Å². The van der Waals surface area contributed by atoms with E-state index in [4.69, 9.17) is 9.40 Å². The van der Waals surface area contributed by atoms with Gasteiger partial charge in [0.1, 0.15) is 5.82 Å². The second-order valence-corrected chi connectivity index (χ2v) is 8.27. The molecular formula is C20H24N4O3. The van der Waals surface area contributed by atoms with Crippen LogP contribution in [0.25, 0.3) is 0 Å². The zero-order chi connectivity index (χ0) is 18.8. The van der Waals surface area contributed by atoms with Gasteiger partial charge in [-0.05, 0) is 45.4 Å². The van der Waals surface area contributed by atoms with Gasteiger partial charge < -0.3 is 14.3 Å². The summed E-state index contributed by atoms with van der Waals surface area (Å²) in [5.74, 6) is 2.08. The predicted octanol–water partition coefficient (Wildman–Crippen LogP) is 2.37. The van der Waals surface area contributed by atoms with Crippen molar-refractivity contribution in [1.29, 1.82) is 0 Å². The summed E-state index contributed by atoms with van der Waals surface area (Å²) in [5, 5.41) is 0. The Morgan fingerprint density at radius 3 is 2.56 bits per heavy atom. The number of likely N-dealkylation sites (tertiary alicyclic amines) is 1. The maximum atomic E-state index is 12.8. The number of carbonyl (C=O) groups excluding carboxylic acids is 1. The number of hydrogen-bond donors (Lipinski definition) is 1. The van der Waals surface area contributed by atoms with Gasteiger partial charge >= 0.3 is 0 Å². The third kappa shape index (κ3) is 2.63. The van der Waals surface area contributed by atoms with Crippen molar-refractivity contribution in [3.63, 3.8) is 0 Å². The highest BCUT2D eigenvalue weighted by Crippen LogP contribution is 2.46. The number of carbonyl (C=O) groups is 1. The second-order valence-electron chi connectivity index (χ2n) is 8.27. The number of oxazole rings is 1. The van der Waals surface area contributed by atoms with Crippen LogP contribution in [0, 0.1) is 13.8 Å². The quantitative estimate of drug-likeness (QED) is 0.879. The lowest BCUT2D eigenvalue weighted by Gasteiger charge is -2.39. The van der Waals surface area contributed by atoms with E-state index in [2.05, 4.69) is 9.97 Å². The van der Waals surface area contributed by atoms with Crippen LogP contribution in [0.5, 0.6) is 0 Å². The van der Waals surface area contributed by atoms with Crippen molar-refractivity contribution in [1.82, 2.24) is 19.9 Å². The number of aromatic nitrogens is 3. The largest absolute Gasteiger partial charge is 0.436 e. The Labute approximate surface area is 157 Å². The van der Waals surface area contributed by atoms with Crippen molar-refractivity contribution in [2.75, 3.05) is 13.1 Å². The first-order chi connectivity index (χ1) is 13.0. The fraction of sp³-hybridized carbons (Fsp3) is 0.600. The summed E-state index contributed by atoms with van der Waals surface area (Å²) in [5.41, 5.74) is 2.50. The van der Waals surface area contributed by atoms with Crippen LogP contribution < -0.4 is 5.56 Å². The standard InChI is InChI=1S/C20H24N4O3/c1-11-15(27-12(2)21-11)19(26)24-9-7-20(8-10-24)6-5-14-16(20)22-17(13-3-4-13)23-18(14)25/h13H,3-10H2,1-2H3,(H,22,23,25). The molecular weight excluding hydrogens is 344 g/mol. The molecule has 1 spiro atoms. The minimum Gasteiger partial charge on any atom is -0.436 e. The van der Waals surface area contributed by atoms with E-state index < -0.39 is 0 Å². The molecule has 1 saturated carbocycles. The Morgan fingerprint density at radius 1 is 1.19 bits per heavy atom. The molecule has 142 valence electrons. The van der Waals surface area contributed by atoms with Crippen molar-refractivity contribution in [2.45, 2.75) is 63.7 Å². The van der Waals surface area contributed by atoms with Crippen molar-refractivity contribution < 1.29 is 9.21 Å². The Bertz CT molecular complexity index is 978. The van der Waals surface area contributed by atoms with Crippen LogP contribution in [0.1, 0.15) is 77.2 Å². The van der Waals surface area contributed by atoms with Gasteiger partial charge in [-0.15, -0.1) is 0 Å². The molecule has 0 unspecified atom stereocenters. The maximum absolute atomic E-state index is 12.8. The van der Waals surface area contributed by atoms with E-state index in [0.717, 1.165) is 55.6 Å². The number of nitrogens with zero attached hydrogens (tertiary/aromatic N) is 3. The van der Waals surface area contributed by atoms with Gasteiger partial charge in [0.25, 0.3) is 11.5 Å². The summed E-state index contributed by atoms with van der Waals surface area (Å²) in [4.78, 5) is 39.3. The molecule has 7 nitrogen and oxygen atoms in total. The van der Waals surface area contributed by atoms with Crippen LogP contribution in [0.2, 0.25) is 0 Å². The van der Waals surface area contributed by atoms with Crippen molar-refractivity contribution >= 4 is 5.91 Å². The van der Waals surface area contributed by atoms with Gasteiger partial charge in [-0.2, -0.15) is 0 Å². The summed E-state index contributed by atoms with van der Waals surface area (Å²) < 4.78 is 5.51. The van der Waals surface area contributed by atoms with Crippen LogP contribution in [0.15, 0.2) is 9.21 Å². The smallest absolute Gasteiger partial charge is 0.291 e. The summed E-state index contributed by atoms with van der Waals surface area (Å²) >= 11 is 0. The molecule has 3 heterocycles. The van der Waals surface area contributed by atoms with E-state index >= 15 is 0 Å². The topological polar surface area (TPSA) is 92.1 Å². The Kier molecular flexibility index (Phi) is 3.58. The van der Waals surface area contributed by atoms with Gasteiger partial charge in [0.05, 0.1) is 11.4 Å². The molecule has 1 N–H and O–H groups in total. The van der Waals surface area contributed by atoms with Crippen molar-refractivity contribution in [3.8, 4) is 0 Å². The fourth-order valence-corrected chi connectivity index (χ4v) is 4.72. The van der Waals surface area contributed by atoms with Gasteiger partial charge in [0.15, 0.2) is 5.89 Å². The lowest BCUT2D eigenvalue weighted by atomic mass is 9.76. The number of fused-ring (bicyclic) bond motifs is 2. The molecule has 0 aromatic carbocycles. The SMILES string of the molecule is Cc1nc(C)c(C(=O)N2CCC3(CCc4c3nc(C3CC3)[nH]c4=O)CC2)o1. The molecule has 0 radical (unpaired) electrons. The average Bonchev–Trinajstić information content (AvgIpc) is 3.37. The molecule has 2 aromatic rings. The molecule has 2 aromatic heterocycles. The van der Waals surface area contributed by atoms with E-state index in [1.54, 1.807) is 13.8 Å². The lowest BCUT2D eigenvalue weighted by Crippen LogP contribution is -2.45. The van der Waals surface area contributed by atoms with Gasteiger partial charge in [0.2, 0.25) is 5.76 Å². The number of H-pyrrole nitrogens is 1. The third-order valence-corrected chi connectivity index (χ3v) is 6.46. The van der Waals surface area contributed by atoms with Crippen molar-refractivity contribution in [3.05, 3.63) is 44.8 Å². The minimum absolute atomic E-state index is 0.0463. The first kappa shape index (κ1) is 16.7. The highest BCUT2D eigenvalue weighted by molar-refractivity contribution is 5.92. The number of rotatable bonds is 2. The van der Waals surface area contributed by atoms with Gasteiger partial charge in [-0.1, -0.05) is 0 Å². The first-order valence-electron chi connectivity index (χ1n) is 9.84. The third-order valence-electron chi connectivity index (χ3n) is 6.46. The van der Waals surface area contributed by atoms with Gasteiger partial charge in [-0.25, -0.2) is 9.97 Å². The normalized spacial score (nSPS) is 20.9. The van der Waals surface area contributed by atoms with E-state index in [1.807, 2.05) is 4.90 Å². The predicted molar refractivity (Wildman–Crippen MR) is 97.9 cm³/mol. The number of nitrogens with one attached hydrogen (secondary N) is 1. The monoisotopic (exact) mass is 368 g/mol. The van der Waals surface area contributed by atoms with Crippen LogP contribution in [0.4, 0.5) is 0 Å². The summed E-state index contributed by atoms with van der Waals surface area (Å²) in [6, 6.07) is 0. The first-order valence-corrected chi connectivity index (χ1v) is 9.84. The number of piperidine rings is 1. The van der Waals surface area contributed by atoms with Gasteiger partial charge in [0, 0.05) is 36.9 Å². The number of aromatic amines is 1. The Morgan fingerprint density at radius 2 is 1.93 bits per heavy atom. The maximum Gasteiger partial charge on any atom is 0.291 e. The molecule has 0 atom stereocenters. The number of amides is 1. The molecule has 7 heteroatoms. The molecule has 5 rings (SSSR count). The summed E-state index contributed by atoms with van der Waals surface area (Å²) in [6.45, 7) is 4.87. The highest BCUT2D eigenvalue weighted by atomic mass is 16.4. The van der Waals surface area contributed by atoms with E-state index in [9.17, 15) is 9.59 Å². The highest BCUT2D eigenvalue weighted by Gasteiger charge is 2.45. The molecule has 27 heavy (non-hydrogen) atoms. The average molecular weight is 368 g/mol.